The van der Waals surface area contributed by atoms with Gasteiger partial charge in [-0.25, -0.2) is 4.68 Å². The average molecular weight is 359 g/mol. The number of nitrogens with zero attached hydrogens (tertiary/aromatic N) is 3. The highest BCUT2D eigenvalue weighted by Crippen LogP contribution is 2.23. The maximum absolute atomic E-state index is 5.22. The summed E-state index contributed by atoms with van der Waals surface area (Å²) in [6.07, 6.45) is 5.79. The summed E-state index contributed by atoms with van der Waals surface area (Å²) in [6, 6.07) is 18.0. The van der Waals surface area contributed by atoms with Crippen molar-refractivity contribution in [2.24, 2.45) is 0 Å². The van der Waals surface area contributed by atoms with Gasteiger partial charge in [0.1, 0.15) is 5.75 Å². The highest BCUT2D eigenvalue weighted by atomic mass is 16.5. The molecular formula is C21H21N5O. The first kappa shape index (κ1) is 17.1. The molecule has 0 radical (unpaired) electrons. The van der Waals surface area contributed by atoms with Crippen LogP contribution in [0.3, 0.4) is 0 Å². The fourth-order valence-electron chi connectivity index (χ4n) is 2.97. The zero-order valence-corrected chi connectivity index (χ0v) is 15.1. The van der Waals surface area contributed by atoms with E-state index in [9.17, 15) is 0 Å². The molecule has 0 aliphatic heterocycles. The molecule has 2 aromatic carbocycles. The Hall–Kier alpha value is -3.38. The average Bonchev–Trinajstić information content (AvgIpc) is 3.39. The van der Waals surface area contributed by atoms with Crippen molar-refractivity contribution >= 4 is 0 Å². The van der Waals surface area contributed by atoms with Gasteiger partial charge in [-0.3, -0.25) is 5.10 Å². The van der Waals surface area contributed by atoms with Crippen molar-refractivity contribution in [2.45, 2.75) is 13.1 Å². The molecule has 0 bridgehead atoms. The van der Waals surface area contributed by atoms with E-state index in [0.717, 1.165) is 40.4 Å². The van der Waals surface area contributed by atoms with Gasteiger partial charge >= 0.3 is 0 Å². The summed E-state index contributed by atoms with van der Waals surface area (Å²) in [5, 5.41) is 15.2. The first-order chi connectivity index (χ1) is 13.3. The van der Waals surface area contributed by atoms with Crippen LogP contribution in [0.1, 0.15) is 11.1 Å². The summed E-state index contributed by atoms with van der Waals surface area (Å²) in [4.78, 5) is 0. The summed E-state index contributed by atoms with van der Waals surface area (Å²) < 4.78 is 7.11. The number of hydrogen-bond acceptors (Lipinski definition) is 4. The molecule has 4 aromatic rings. The van der Waals surface area contributed by atoms with Crippen molar-refractivity contribution < 1.29 is 4.74 Å². The quantitative estimate of drug-likeness (QED) is 0.529. The molecule has 0 unspecified atom stereocenters. The van der Waals surface area contributed by atoms with Crippen LogP contribution in [0, 0.1) is 0 Å². The SMILES string of the molecule is COc1ccc(-c2[nH]ncc2CNCc2cnn(-c3ccccc3)c2)cc1. The topological polar surface area (TPSA) is 67.8 Å². The van der Waals surface area contributed by atoms with E-state index in [1.54, 1.807) is 7.11 Å². The standard InChI is InChI=1S/C21H21N5O/c1-27-20-9-7-17(8-10-20)21-18(14-23-25-21)13-22-11-16-12-24-26(15-16)19-5-3-2-4-6-19/h2-10,12,14-15,22H,11,13H2,1H3,(H,23,25). The van der Waals surface area contributed by atoms with E-state index in [-0.39, 0.29) is 0 Å². The number of aromatic amines is 1. The lowest BCUT2D eigenvalue weighted by Gasteiger charge is -2.06. The number of rotatable bonds is 7. The van der Waals surface area contributed by atoms with Gasteiger partial charge < -0.3 is 10.1 Å². The maximum atomic E-state index is 5.22. The van der Waals surface area contributed by atoms with Gasteiger partial charge in [0.25, 0.3) is 0 Å². The zero-order valence-electron chi connectivity index (χ0n) is 15.1. The van der Waals surface area contributed by atoms with Gasteiger partial charge in [-0.2, -0.15) is 10.2 Å². The van der Waals surface area contributed by atoms with E-state index in [1.165, 1.54) is 0 Å². The van der Waals surface area contributed by atoms with Crippen LogP contribution < -0.4 is 10.1 Å². The summed E-state index contributed by atoms with van der Waals surface area (Å²) in [6.45, 7) is 1.45. The lowest BCUT2D eigenvalue weighted by molar-refractivity contribution is 0.415. The number of H-pyrrole nitrogens is 1. The molecule has 0 spiro atoms. The van der Waals surface area contributed by atoms with Gasteiger partial charge in [-0.15, -0.1) is 0 Å². The number of methoxy groups -OCH3 is 1. The maximum Gasteiger partial charge on any atom is 0.118 e. The lowest BCUT2D eigenvalue weighted by Crippen LogP contribution is -2.12. The minimum absolute atomic E-state index is 0.717. The van der Waals surface area contributed by atoms with E-state index in [2.05, 4.69) is 20.6 Å². The Morgan fingerprint density at radius 3 is 2.59 bits per heavy atom. The number of para-hydroxylation sites is 1. The van der Waals surface area contributed by atoms with Crippen molar-refractivity contribution in [1.29, 1.82) is 0 Å². The minimum Gasteiger partial charge on any atom is -0.497 e. The second-order valence-electron chi connectivity index (χ2n) is 6.23. The molecule has 0 aliphatic rings. The van der Waals surface area contributed by atoms with Crippen molar-refractivity contribution in [3.8, 4) is 22.7 Å². The summed E-state index contributed by atoms with van der Waals surface area (Å²) in [5.74, 6) is 0.841. The van der Waals surface area contributed by atoms with Crippen LogP contribution in [0.4, 0.5) is 0 Å². The fourth-order valence-corrected chi connectivity index (χ4v) is 2.97. The smallest absolute Gasteiger partial charge is 0.118 e. The van der Waals surface area contributed by atoms with Gasteiger partial charge in [-0.05, 0) is 36.4 Å². The van der Waals surface area contributed by atoms with Crippen LogP contribution >= 0.6 is 0 Å². The number of ether oxygens (including phenoxy) is 1. The van der Waals surface area contributed by atoms with Crippen LogP contribution in [-0.2, 0) is 13.1 Å². The Morgan fingerprint density at radius 2 is 1.81 bits per heavy atom. The van der Waals surface area contributed by atoms with E-state index in [4.69, 9.17) is 4.74 Å². The van der Waals surface area contributed by atoms with Crippen molar-refractivity contribution in [3.05, 3.63) is 84.3 Å². The summed E-state index contributed by atoms with van der Waals surface area (Å²) in [5.41, 5.74) is 5.41. The van der Waals surface area contributed by atoms with Crippen LogP contribution in [0.15, 0.2) is 73.2 Å². The van der Waals surface area contributed by atoms with Crippen molar-refractivity contribution in [3.63, 3.8) is 0 Å². The molecule has 0 saturated carbocycles. The fraction of sp³-hybridized carbons (Fsp3) is 0.143. The highest BCUT2D eigenvalue weighted by Gasteiger charge is 2.08. The Morgan fingerprint density at radius 1 is 1.00 bits per heavy atom. The molecule has 2 aromatic heterocycles. The third kappa shape index (κ3) is 3.91. The Labute approximate surface area is 157 Å². The largest absolute Gasteiger partial charge is 0.497 e. The van der Waals surface area contributed by atoms with E-state index >= 15 is 0 Å². The molecule has 27 heavy (non-hydrogen) atoms. The van der Waals surface area contributed by atoms with Gasteiger partial charge in [0.05, 0.1) is 30.9 Å². The van der Waals surface area contributed by atoms with Crippen molar-refractivity contribution in [1.82, 2.24) is 25.3 Å². The van der Waals surface area contributed by atoms with Gasteiger partial charge in [0.2, 0.25) is 0 Å². The molecule has 0 amide bonds. The van der Waals surface area contributed by atoms with Crippen LogP contribution in [0.2, 0.25) is 0 Å². The number of benzene rings is 2. The second-order valence-corrected chi connectivity index (χ2v) is 6.23. The Kier molecular flexibility index (Phi) is 4.98. The zero-order chi connectivity index (χ0) is 18.5. The predicted octanol–water partition coefficient (Wildman–Crippen LogP) is 3.56. The van der Waals surface area contributed by atoms with E-state index < -0.39 is 0 Å². The summed E-state index contributed by atoms with van der Waals surface area (Å²) in [7, 11) is 1.67. The van der Waals surface area contributed by atoms with Crippen LogP contribution in [-0.4, -0.2) is 27.1 Å². The summed E-state index contributed by atoms with van der Waals surface area (Å²) >= 11 is 0. The third-order valence-electron chi connectivity index (χ3n) is 4.40. The Balaban J connectivity index is 1.39. The molecule has 0 saturated heterocycles. The normalized spacial score (nSPS) is 10.9. The van der Waals surface area contributed by atoms with Gasteiger partial charge in [0.15, 0.2) is 0 Å². The van der Waals surface area contributed by atoms with Crippen LogP contribution in [0.5, 0.6) is 5.75 Å². The third-order valence-corrected chi connectivity index (χ3v) is 4.40. The molecular weight excluding hydrogens is 338 g/mol. The molecule has 6 nitrogen and oxygen atoms in total. The number of aromatic nitrogens is 4. The van der Waals surface area contributed by atoms with E-state index in [0.29, 0.717) is 6.54 Å². The first-order valence-electron chi connectivity index (χ1n) is 8.80. The second kappa shape index (κ2) is 7.88. The molecule has 4 rings (SSSR count). The minimum atomic E-state index is 0.717. The molecule has 136 valence electrons. The molecule has 0 aliphatic carbocycles. The molecule has 0 atom stereocenters. The predicted molar refractivity (Wildman–Crippen MR) is 105 cm³/mol. The highest BCUT2D eigenvalue weighted by molar-refractivity contribution is 5.63. The first-order valence-corrected chi connectivity index (χ1v) is 8.80. The van der Waals surface area contributed by atoms with Gasteiger partial charge in [0, 0.05) is 36.0 Å². The van der Waals surface area contributed by atoms with Crippen molar-refractivity contribution in [2.75, 3.05) is 7.11 Å². The molecule has 2 N–H and O–H groups in total. The monoisotopic (exact) mass is 359 g/mol. The molecule has 2 heterocycles. The Bertz CT molecular complexity index is 989. The number of nitrogens with one attached hydrogen (secondary N) is 2. The number of hydrogen-bond donors (Lipinski definition) is 2. The molecule has 6 heteroatoms. The van der Waals surface area contributed by atoms with E-state index in [1.807, 2.05) is 77.9 Å². The lowest BCUT2D eigenvalue weighted by atomic mass is 10.1. The molecule has 0 fully saturated rings. The van der Waals surface area contributed by atoms with Crippen LogP contribution in [0.25, 0.3) is 16.9 Å². The van der Waals surface area contributed by atoms with Gasteiger partial charge in [-0.1, -0.05) is 18.2 Å².